The summed E-state index contributed by atoms with van der Waals surface area (Å²) >= 11 is 5.75. The Hall–Kier alpha value is -1.03. The number of amides is 2. The highest BCUT2D eigenvalue weighted by atomic mass is 35.5. The van der Waals surface area contributed by atoms with Gasteiger partial charge >= 0.3 is 0 Å². The molecule has 2 amide bonds. The maximum Gasteiger partial charge on any atom is 0.249 e. The minimum atomic E-state index is -0.782. The molecule has 0 aliphatic carbocycles. The number of hydrogen-bond donors (Lipinski definition) is 1. The lowest BCUT2D eigenvalue weighted by molar-refractivity contribution is -0.154. The molecule has 0 radical (unpaired) electrons. The predicted octanol–water partition coefficient (Wildman–Crippen LogP) is 1.64. The molecule has 1 fully saturated rings. The van der Waals surface area contributed by atoms with E-state index in [1.54, 1.807) is 6.92 Å². The number of halogens is 1. The Morgan fingerprint density at radius 2 is 2.00 bits per heavy atom. The monoisotopic (exact) mass is 258 g/mol. The summed E-state index contributed by atoms with van der Waals surface area (Å²) in [5, 5.41) is 3.19. The van der Waals surface area contributed by atoms with Gasteiger partial charge in [0.05, 0.1) is 6.54 Å². The molecule has 1 heterocycles. The van der Waals surface area contributed by atoms with Crippen LogP contribution < -0.4 is 5.32 Å². The molecule has 1 N–H and O–H groups in total. The van der Waals surface area contributed by atoms with Gasteiger partial charge in [0.25, 0.3) is 0 Å². The Morgan fingerprint density at radius 3 is 2.41 bits per heavy atom. The number of piperazine rings is 1. The molecule has 17 heavy (non-hydrogen) atoms. The van der Waals surface area contributed by atoms with Gasteiger partial charge in [-0.15, -0.1) is 0 Å². The van der Waals surface area contributed by atoms with Gasteiger partial charge in [0, 0.05) is 5.03 Å². The zero-order chi connectivity index (χ0) is 13.2. The lowest BCUT2D eigenvalue weighted by atomic mass is 9.87. The van der Waals surface area contributed by atoms with Crippen LogP contribution in [0, 0.1) is 0 Å². The van der Waals surface area contributed by atoms with Crippen molar-refractivity contribution in [2.24, 2.45) is 0 Å². The fraction of sp³-hybridized carbons (Fsp3) is 0.667. The minimum Gasteiger partial charge on any atom is -0.340 e. The van der Waals surface area contributed by atoms with E-state index in [0.29, 0.717) is 17.9 Å². The van der Waals surface area contributed by atoms with E-state index in [-0.39, 0.29) is 18.4 Å². The SMILES string of the molecule is C=C(Cl)CN1C(=O)C(CC)(CC)NC(=O)C1C. The largest absolute Gasteiger partial charge is 0.340 e. The Kier molecular flexibility index (Phi) is 4.20. The summed E-state index contributed by atoms with van der Waals surface area (Å²) in [6.45, 7) is 9.29. The summed E-state index contributed by atoms with van der Waals surface area (Å²) < 4.78 is 0. The molecule has 1 aliphatic heterocycles. The van der Waals surface area contributed by atoms with Crippen LogP contribution in [0.1, 0.15) is 33.6 Å². The van der Waals surface area contributed by atoms with Crippen LogP contribution in [0.5, 0.6) is 0 Å². The zero-order valence-corrected chi connectivity index (χ0v) is 11.3. The second-order valence-corrected chi connectivity index (χ2v) is 4.94. The van der Waals surface area contributed by atoms with Crippen molar-refractivity contribution in [2.45, 2.75) is 45.2 Å². The second kappa shape index (κ2) is 5.08. The van der Waals surface area contributed by atoms with Crippen molar-refractivity contribution in [1.29, 1.82) is 0 Å². The number of nitrogens with zero attached hydrogens (tertiary/aromatic N) is 1. The highest BCUT2D eigenvalue weighted by molar-refractivity contribution is 6.29. The maximum absolute atomic E-state index is 12.4. The van der Waals surface area contributed by atoms with Crippen LogP contribution in [-0.4, -0.2) is 34.8 Å². The fourth-order valence-electron chi connectivity index (χ4n) is 2.11. The third-order valence-corrected chi connectivity index (χ3v) is 3.55. The molecule has 0 aromatic rings. The van der Waals surface area contributed by atoms with Crippen LogP contribution >= 0.6 is 11.6 Å². The molecule has 4 nitrogen and oxygen atoms in total. The van der Waals surface area contributed by atoms with E-state index in [0.717, 1.165) is 0 Å². The van der Waals surface area contributed by atoms with E-state index in [9.17, 15) is 9.59 Å². The molecule has 0 aromatic heterocycles. The average Bonchev–Trinajstić information content (AvgIpc) is 2.29. The summed E-state index contributed by atoms with van der Waals surface area (Å²) in [6, 6.07) is -0.496. The van der Waals surface area contributed by atoms with Crippen molar-refractivity contribution in [2.75, 3.05) is 6.54 Å². The van der Waals surface area contributed by atoms with Crippen LogP contribution in [0.15, 0.2) is 11.6 Å². The summed E-state index contributed by atoms with van der Waals surface area (Å²) in [5.41, 5.74) is -0.782. The summed E-state index contributed by atoms with van der Waals surface area (Å²) in [7, 11) is 0. The summed E-state index contributed by atoms with van der Waals surface area (Å²) in [4.78, 5) is 25.8. The van der Waals surface area contributed by atoms with Gasteiger partial charge in [0.15, 0.2) is 0 Å². The molecule has 1 aliphatic rings. The average molecular weight is 259 g/mol. The van der Waals surface area contributed by atoms with E-state index < -0.39 is 11.6 Å². The Labute approximate surface area is 107 Å². The third kappa shape index (κ3) is 2.46. The first kappa shape index (κ1) is 14.0. The van der Waals surface area contributed by atoms with Crippen molar-refractivity contribution in [3.63, 3.8) is 0 Å². The van der Waals surface area contributed by atoms with E-state index in [4.69, 9.17) is 11.6 Å². The minimum absolute atomic E-state index is 0.0728. The molecular weight excluding hydrogens is 240 g/mol. The van der Waals surface area contributed by atoms with Crippen LogP contribution in [0.3, 0.4) is 0 Å². The molecule has 1 unspecified atom stereocenters. The normalized spacial score (nSPS) is 23.5. The van der Waals surface area contributed by atoms with Gasteiger partial charge in [-0.3, -0.25) is 9.59 Å². The highest BCUT2D eigenvalue weighted by Gasteiger charge is 2.47. The first-order valence-corrected chi connectivity index (χ1v) is 6.22. The quantitative estimate of drug-likeness (QED) is 0.834. The number of carbonyl (C=O) groups excluding carboxylic acids is 2. The molecular formula is C12H19ClN2O2. The molecule has 0 spiro atoms. The summed E-state index contributed by atoms with van der Waals surface area (Å²) in [6.07, 6.45) is 1.15. The van der Waals surface area contributed by atoms with Gasteiger partial charge in [-0.2, -0.15) is 0 Å². The van der Waals surface area contributed by atoms with Crippen molar-refractivity contribution in [3.8, 4) is 0 Å². The zero-order valence-electron chi connectivity index (χ0n) is 10.5. The molecule has 0 aromatic carbocycles. The number of rotatable bonds is 4. The lowest BCUT2D eigenvalue weighted by Crippen LogP contribution is -2.69. The van der Waals surface area contributed by atoms with Gasteiger partial charge in [-0.25, -0.2) is 0 Å². The van der Waals surface area contributed by atoms with Crippen molar-refractivity contribution < 1.29 is 9.59 Å². The second-order valence-electron chi connectivity index (χ2n) is 4.40. The maximum atomic E-state index is 12.4. The Bertz CT molecular complexity index is 350. The molecule has 5 heteroatoms. The van der Waals surface area contributed by atoms with Gasteiger partial charge < -0.3 is 10.2 Å². The Morgan fingerprint density at radius 1 is 1.47 bits per heavy atom. The fourth-order valence-corrected chi connectivity index (χ4v) is 2.24. The van der Waals surface area contributed by atoms with E-state index >= 15 is 0 Å². The molecule has 0 bridgehead atoms. The number of carbonyl (C=O) groups is 2. The van der Waals surface area contributed by atoms with E-state index in [1.807, 2.05) is 13.8 Å². The Balaban J connectivity index is 3.06. The third-order valence-electron chi connectivity index (χ3n) is 3.43. The molecule has 1 rings (SSSR count). The van der Waals surface area contributed by atoms with Gasteiger partial charge in [0.1, 0.15) is 11.6 Å². The molecule has 0 saturated carbocycles. The highest BCUT2D eigenvalue weighted by Crippen LogP contribution is 2.25. The molecule has 96 valence electrons. The lowest BCUT2D eigenvalue weighted by Gasteiger charge is -2.44. The molecule has 1 atom stereocenters. The standard InChI is InChI=1S/C12H19ClN2O2/c1-5-12(6-2)11(17)15(7-8(3)13)9(4)10(16)14-12/h9H,3,5-7H2,1-2,4H3,(H,14,16). The van der Waals surface area contributed by atoms with Gasteiger partial charge in [-0.05, 0) is 19.8 Å². The van der Waals surface area contributed by atoms with Crippen LogP contribution in [-0.2, 0) is 9.59 Å². The van der Waals surface area contributed by atoms with E-state index in [1.165, 1.54) is 4.90 Å². The smallest absolute Gasteiger partial charge is 0.249 e. The van der Waals surface area contributed by atoms with Crippen molar-refractivity contribution in [1.82, 2.24) is 10.2 Å². The predicted molar refractivity (Wildman–Crippen MR) is 67.6 cm³/mol. The number of hydrogen-bond acceptors (Lipinski definition) is 2. The first-order valence-electron chi connectivity index (χ1n) is 5.84. The summed E-state index contributed by atoms with van der Waals surface area (Å²) in [5.74, 6) is -0.206. The van der Waals surface area contributed by atoms with Crippen LogP contribution in [0.4, 0.5) is 0 Å². The van der Waals surface area contributed by atoms with Crippen molar-refractivity contribution >= 4 is 23.4 Å². The number of nitrogens with one attached hydrogen (secondary N) is 1. The van der Waals surface area contributed by atoms with Crippen LogP contribution in [0.25, 0.3) is 0 Å². The van der Waals surface area contributed by atoms with E-state index in [2.05, 4.69) is 11.9 Å². The van der Waals surface area contributed by atoms with Crippen molar-refractivity contribution in [3.05, 3.63) is 11.6 Å². The van der Waals surface area contributed by atoms with Gasteiger partial charge in [-0.1, -0.05) is 32.0 Å². The first-order chi connectivity index (χ1) is 7.88. The van der Waals surface area contributed by atoms with Gasteiger partial charge in [0.2, 0.25) is 11.8 Å². The molecule has 1 saturated heterocycles. The topological polar surface area (TPSA) is 49.4 Å². The van der Waals surface area contributed by atoms with Crippen LogP contribution in [0.2, 0.25) is 0 Å².